The van der Waals surface area contributed by atoms with Crippen LogP contribution in [-0.4, -0.2) is 35.5 Å². The highest BCUT2D eigenvalue weighted by Gasteiger charge is 2.25. The molecule has 0 radical (unpaired) electrons. The van der Waals surface area contributed by atoms with Gasteiger partial charge in [-0.2, -0.15) is 0 Å². The Morgan fingerprint density at radius 3 is 2.14 bits per heavy atom. The second kappa shape index (κ2) is 6.65. The zero-order chi connectivity index (χ0) is 16.3. The van der Waals surface area contributed by atoms with Crippen LogP contribution >= 0.6 is 0 Å². The molecule has 0 saturated carbocycles. The molecule has 0 heterocycles. The number of anilines is 1. The maximum Gasteiger partial charge on any atom is 0.229 e. The van der Waals surface area contributed by atoms with Gasteiger partial charge in [0, 0.05) is 0 Å². The normalized spacial score (nSPS) is 12.4. The molecule has 1 aromatic rings. The van der Waals surface area contributed by atoms with Crippen LogP contribution in [0.15, 0.2) is 23.1 Å². The minimum Gasteiger partial charge on any atom is -0.495 e. The Morgan fingerprint density at radius 2 is 1.71 bits per heavy atom. The molecule has 0 saturated heterocycles. The monoisotopic (exact) mass is 335 g/mol. The number of ether oxygens (including phenoxy) is 1. The van der Waals surface area contributed by atoms with E-state index in [0.717, 1.165) is 6.26 Å². The molecule has 0 atom stereocenters. The molecule has 1 rings (SSSR count). The average Bonchev–Trinajstić information content (AvgIpc) is 2.37. The van der Waals surface area contributed by atoms with E-state index in [1.807, 2.05) is 13.8 Å². The summed E-state index contributed by atoms with van der Waals surface area (Å²) in [6.07, 6.45) is 1.99. The van der Waals surface area contributed by atoms with Crippen molar-refractivity contribution in [1.29, 1.82) is 0 Å². The molecule has 8 heteroatoms. The lowest BCUT2D eigenvalue weighted by molar-refractivity contribution is 0.416. The van der Waals surface area contributed by atoms with Crippen molar-refractivity contribution < 1.29 is 21.6 Å². The zero-order valence-electron chi connectivity index (χ0n) is 12.6. The van der Waals surface area contributed by atoms with Gasteiger partial charge in [-0.15, -0.1) is 0 Å². The van der Waals surface area contributed by atoms with Crippen molar-refractivity contribution in [3.63, 3.8) is 0 Å². The van der Waals surface area contributed by atoms with E-state index in [1.165, 1.54) is 25.3 Å². The SMILES string of the molecule is CCC(CC)S(=O)(=O)c1ccc(OC)c(NS(C)(=O)=O)c1. The predicted molar refractivity (Wildman–Crippen MR) is 83.0 cm³/mol. The standard InChI is InChI=1S/C13H21NO5S2/c1-5-10(6-2)21(17,18)11-7-8-13(19-3)12(9-11)14-20(4,15)16/h7-10,14H,5-6H2,1-4H3. The van der Waals surface area contributed by atoms with Gasteiger partial charge in [-0.3, -0.25) is 4.72 Å². The van der Waals surface area contributed by atoms with Crippen molar-refractivity contribution >= 4 is 25.5 Å². The van der Waals surface area contributed by atoms with Crippen LogP contribution in [0.5, 0.6) is 5.75 Å². The topological polar surface area (TPSA) is 89.5 Å². The molecular weight excluding hydrogens is 314 g/mol. The van der Waals surface area contributed by atoms with Crippen LogP contribution in [0.3, 0.4) is 0 Å². The number of sulfonamides is 1. The van der Waals surface area contributed by atoms with E-state index in [9.17, 15) is 16.8 Å². The lowest BCUT2D eigenvalue weighted by Crippen LogP contribution is -2.20. The minimum absolute atomic E-state index is 0.0863. The second-order valence-electron chi connectivity index (χ2n) is 4.72. The second-order valence-corrected chi connectivity index (χ2v) is 8.70. The first-order valence-corrected chi connectivity index (χ1v) is 9.99. The number of methoxy groups -OCH3 is 1. The van der Waals surface area contributed by atoms with Crippen LogP contribution in [0.25, 0.3) is 0 Å². The van der Waals surface area contributed by atoms with Crippen LogP contribution in [0.1, 0.15) is 26.7 Å². The van der Waals surface area contributed by atoms with Gasteiger partial charge in [0.1, 0.15) is 5.75 Å². The quantitative estimate of drug-likeness (QED) is 0.823. The smallest absolute Gasteiger partial charge is 0.229 e. The van der Waals surface area contributed by atoms with Gasteiger partial charge in [0.05, 0.1) is 29.2 Å². The largest absolute Gasteiger partial charge is 0.495 e. The van der Waals surface area contributed by atoms with Crippen molar-refractivity contribution in [3.8, 4) is 5.75 Å². The fraction of sp³-hybridized carbons (Fsp3) is 0.538. The van der Waals surface area contributed by atoms with Crippen molar-refractivity contribution in [2.24, 2.45) is 0 Å². The van der Waals surface area contributed by atoms with Gasteiger partial charge in [0.25, 0.3) is 0 Å². The van der Waals surface area contributed by atoms with Crippen LogP contribution in [-0.2, 0) is 19.9 Å². The van der Waals surface area contributed by atoms with E-state index in [0.29, 0.717) is 12.8 Å². The molecule has 0 fully saturated rings. The summed E-state index contributed by atoms with van der Waals surface area (Å²) in [7, 11) is -5.64. The summed E-state index contributed by atoms with van der Waals surface area (Å²) >= 11 is 0. The van der Waals surface area contributed by atoms with Gasteiger partial charge in [-0.05, 0) is 31.0 Å². The van der Waals surface area contributed by atoms with Crippen molar-refractivity contribution in [2.45, 2.75) is 36.8 Å². The molecule has 0 amide bonds. The predicted octanol–water partition coefficient (Wildman–Crippen LogP) is 2.03. The average molecular weight is 335 g/mol. The summed E-state index contributed by atoms with van der Waals surface area (Å²) in [6.45, 7) is 3.62. The van der Waals surface area contributed by atoms with Crippen LogP contribution < -0.4 is 9.46 Å². The molecule has 0 aromatic heterocycles. The number of hydrogen-bond donors (Lipinski definition) is 1. The Labute approximate surface area is 126 Å². The third kappa shape index (κ3) is 4.34. The molecule has 1 N–H and O–H groups in total. The minimum atomic E-state index is -3.53. The molecule has 21 heavy (non-hydrogen) atoms. The van der Waals surface area contributed by atoms with Crippen LogP contribution in [0.2, 0.25) is 0 Å². The fourth-order valence-corrected chi connectivity index (χ4v) is 4.42. The Bertz CT molecular complexity index is 691. The van der Waals surface area contributed by atoms with E-state index < -0.39 is 25.1 Å². The summed E-state index contributed by atoms with van der Waals surface area (Å²) in [5.41, 5.74) is 0.118. The summed E-state index contributed by atoms with van der Waals surface area (Å²) in [5.74, 6) is 0.268. The molecule has 120 valence electrons. The van der Waals surface area contributed by atoms with E-state index in [-0.39, 0.29) is 16.3 Å². The van der Waals surface area contributed by atoms with Crippen molar-refractivity contribution in [3.05, 3.63) is 18.2 Å². The summed E-state index contributed by atoms with van der Waals surface area (Å²) < 4.78 is 55.0. The molecule has 0 spiro atoms. The lowest BCUT2D eigenvalue weighted by atomic mass is 10.3. The van der Waals surface area contributed by atoms with Gasteiger partial charge < -0.3 is 4.74 Å². The maximum absolute atomic E-state index is 12.5. The van der Waals surface area contributed by atoms with Gasteiger partial charge in [0.15, 0.2) is 9.84 Å². The zero-order valence-corrected chi connectivity index (χ0v) is 14.2. The third-order valence-electron chi connectivity index (χ3n) is 3.14. The maximum atomic E-state index is 12.5. The molecule has 1 aromatic carbocycles. The Kier molecular flexibility index (Phi) is 5.63. The van der Waals surface area contributed by atoms with Crippen molar-refractivity contribution in [1.82, 2.24) is 0 Å². The van der Waals surface area contributed by atoms with Gasteiger partial charge in [-0.1, -0.05) is 13.8 Å². The number of nitrogens with one attached hydrogen (secondary N) is 1. The first-order valence-electron chi connectivity index (χ1n) is 6.55. The molecule has 0 aliphatic carbocycles. The number of sulfone groups is 1. The van der Waals surface area contributed by atoms with Gasteiger partial charge in [0.2, 0.25) is 10.0 Å². The lowest BCUT2D eigenvalue weighted by Gasteiger charge is -2.16. The highest BCUT2D eigenvalue weighted by atomic mass is 32.2. The first-order chi connectivity index (χ1) is 9.65. The summed E-state index contributed by atoms with van der Waals surface area (Å²) in [5, 5.41) is -0.489. The molecule has 0 unspecified atom stereocenters. The van der Waals surface area contributed by atoms with Gasteiger partial charge in [-0.25, -0.2) is 16.8 Å². The molecule has 0 aliphatic rings. The third-order valence-corrected chi connectivity index (χ3v) is 6.19. The molecule has 0 aliphatic heterocycles. The summed E-state index contributed by atoms with van der Waals surface area (Å²) in [4.78, 5) is 0.0863. The van der Waals surface area contributed by atoms with E-state index >= 15 is 0 Å². The Balaban J connectivity index is 3.37. The van der Waals surface area contributed by atoms with Crippen LogP contribution in [0, 0.1) is 0 Å². The van der Waals surface area contributed by atoms with E-state index in [1.54, 1.807) is 0 Å². The summed E-state index contributed by atoms with van der Waals surface area (Å²) in [6, 6.07) is 4.18. The highest BCUT2D eigenvalue weighted by molar-refractivity contribution is 7.92. The van der Waals surface area contributed by atoms with Crippen molar-refractivity contribution in [2.75, 3.05) is 18.1 Å². The fourth-order valence-electron chi connectivity index (χ4n) is 2.06. The number of hydrogen-bond acceptors (Lipinski definition) is 5. The van der Waals surface area contributed by atoms with E-state index in [4.69, 9.17) is 4.74 Å². The number of rotatable bonds is 7. The number of benzene rings is 1. The Hall–Kier alpha value is -1.28. The van der Waals surface area contributed by atoms with E-state index in [2.05, 4.69) is 4.72 Å². The van der Waals surface area contributed by atoms with Gasteiger partial charge >= 0.3 is 0 Å². The first kappa shape index (κ1) is 17.8. The highest BCUT2D eigenvalue weighted by Crippen LogP contribution is 2.30. The molecular formula is C13H21NO5S2. The Morgan fingerprint density at radius 1 is 1.14 bits per heavy atom. The molecule has 0 bridgehead atoms. The van der Waals surface area contributed by atoms with Crippen LogP contribution in [0.4, 0.5) is 5.69 Å². The molecule has 6 nitrogen and oxygen atoms in total.